The van der Waals surface area contributed by atoms with Crippen LogP contribution in [-0.4, -0.2) is 28.2 Å². The number of Topliss-reactive ketones (excluding diaryl/α,β-unsaturated/α-hetero) is 2. The van der Waals surface area contributed by atoms with Gasteiger partial charge in [-0.05, 0) is 39.3 Å². The van der Waals surface area contributed by atoms with Crippen LogP contribution in [-0.2, 0) is 18.4 Å². The van der Waals surface area contributed by atoms with Crippen molar-refractivity contribution in [3.63, 3.8) is 0 Å². The molecule has 24 heavy (non-hydrogen) atoms. The van der Waals surface area contributed by atoms with Crippen LogP contribution in [0.15, 0.2) is 11.5 Å². The minimum atomic E-state index is -2.10. The van der Waals surface area contributed by atoms with Crippen LogP contribution in [0.2, 0.25) is 39.3 Å². The van der Waals surface area contributed by atoms with Gasteiger partial charge in [-0.25, -0.2) is 0 Å². The minimum absolute atomic E-state index is 0.115. The van der Waals surface area contributed by atoms with Gasteiger partial charge in [-0.3, -0.25) is 9.59 Å². The lowest BCUT2D eigenvalue weighted by atomic mass is 9.85. The second kappa shape index (κ2) is 7.16. The number of rotatable bonds is 6. The summed E-state index contributed by atoms with van der Waals surface area (Å²) in [5.74, 6) is -0.139. The molecular formula is C18H36O4Si2. The number of hydrogen-bond acceptors (Lipinski definition) is 4. The average Bonchev–Trinajstić information content (AvgIpc) is 2.26. The molecule has 0 aliphatic carbocycles. The number of carbonyl (C=O) groups excluding carboxylic acids is 2. The van der Waals surface area contributed by atoms with Gasteiger partial charge in [0.15, 0.2) is 11.5 Å². The van der Waals surface area contributed by atoms with Crippen molar-refractivity contribution in [1.82, 2.24) is 0 Å². The smallest absolute Gasteiger partial charge is 0.242 e. The maximum absolute atomic E-state index is 13.0. The molecule has 0 saturated heterocycles. The molecule has 0 aromatic rings. The molecule has 0 aromatic heterocycles. The fourth-order valence-electron chi connectivity index (χ4n) is 1.69. The zero-order chi connectivity index (χ0) is 19.7. The minimum Gasteiger partial charge on any atom is -0.539 e. The zero-order valence-electron chi connectivity index (χ0n) is 17.6. The Balaban J connectivity index is 6.53. The maximum atomic E-state index is 13.0. The van der Waals surface area contributed by atoms with Crippen LogP contribution in [0.5, 0.6) is 0 Å². The molecule has 0 radical (unpaired) electrons. The largest absolute Gasteiger partial charge is 0.539 e. The van der Waals surface area contributed by atoms with E-state index in [1.54, 1.807) is 0 Å². The highest BCUT2D eigenvalue weighted by atomic mass is 28.4. The first-order valence-corrected chi connectivity index (χ1v) is 15.3. The highest BCUT2D eigenvalue weighted by Gasteiger charge is 2.39. The lowest BCUT2D eigenvalue weighted by molar-refractivity contribution is -0.128. The van der Waals surface area contributed by atoms with Gasteiger partial charge in [0.2, 0.25) is 28.2 Å². The summed E-state index contributed by atoms with van der Waals surface area (Å²) in [6.07, 6.45) is 0. The van der Waals surface area contributed by atoms with Gasteiger partial charge in [0, 0.05) is 10.8 Å². The van der Waals surface area contributed by atoms with Crippen LogP contribution in [0.25, 0.3) is 0 Å². The van der Waals surface area contributed by atoms with E-state index in [1.807, 2.05) is 80.8 Å². The third-order valence-electron chi connectivity index (χ3n) is 2.80. The van der Waals surface area contributed by atoms with E-state index in [4.69, 9.17) is 8.85 Å². The van der Waals surface area contributed by atoms with Gasteiger partial charge in [-0.15, -0.1) is 0 Å². The predicted octanol–water partition coefficient (Wildman–Crippen LogP) is 5.13. The van der Waals surface area contributed by atoms with Crippen molar-refractivity contribution in [2.45, 2.75) is 80.8 Å². The molecular weight excluding hydrogens is 336 g/mol. The maximum Gasteiger partial charge on any atom is 0.242 e. The van der Waals surface area contributed by atoms with Crippen molar-refractivity contribution < 1.29 is 18.4 Å². The molecule has 0 rings (SSSR count). The zero-order valence-corrected chi connectivity index (χ0v) is 19.6. The lowest BCUT2D eigenvalue weighted by Gasteiger charge is -2.31. The number of ketones is 2. The van der Waals surface area contributed by atoms with E-state index in [9.17, 15) is 9.59 Å². The van der Waals surface area contributed by atoms with Crippen molar-refractivity contribution in [1.29, 1.82) is 0 Å². The van der Waals surface area contributed by atoms with Crippen molar-refractivity contribution in [2.75, 3.05) is 0 Å². The second-order valence-corrected chi connectivity index (χ2v) is 19.1. The SMILES string of the molecule is CC(C)(C)C(=O)/C(O[Si](C)(C)C)=C(/O[Si](C)(C)C)C(=O)C(C)(C)C. The summed E-state index contributed by atoms with van der Waals surface area (Å²) in [4.78, 5) is 26.0. The van der Waals surface area contributed by atoms with Crippen LogP contribution in [0.1, 0.15) is 41.5 Å². The van der Waals surface area contributed by atoms with Crippen molar-refractivity contribution in [3.05, 3.63) is 11.5 Å². The van der Waals surface area contributed by atoms with Gasteiger partial charge in [0.25, 0.3) is 0 Å². The Morgan fingerprint density at radius 1 is 0.583 bits per heavy atom. The summed E-state index contributed by atoms with van der Waals surface area (Å²) in [6.45, 7) is 23.0. The fourth-order valence-corrected chi connectivity index (χ4v) is 3.28. The first-order valence-electron chi connectivity index (χ1n) is 8.47. The van der Waals surface area contributed by atoms with Crippen LogP contribution in [0.3, 0.4) is 0 Å². The van der Waals surface area contributed by atoms with E-state index in [2.05, 4.69) is 0 Å². The Morgan fingerprint density at radius 2 is 0.792 bits per heavy atom. The molecule has 0 aromatic carbocycles. The summed E-state index contributed by atoms with van der Waals surface area (Å²) in [5.41, 5.74) is -1.30. The molecule has 0 bridgehead atoms. The van der Waals surface area contributed by atoms with Crippen molar-refractivity contribution >= 4 is 28.2 Å². The van der Waals surface area contributed by atoms with Crippen LogP contribution in [0, 0.1) is 10.8 Å². The first-order chi connectivity index (χ1) is 10.3. The average molecular weight is 373 g/mol. The van der Waals surface area contributed by atoms with E-state index in [0.29, 0.717) is 0 Å². The van der Waals surface area contributed by atoms with Gasteiger partial charge in [0.1, 0.15) is 0 Å². The molecule has 0 fully saturated rings. The van der Waals surface area contributed by atoms with Crippen LogP contribution in [0.4, 0.5) is 0 Å². The molecule has 0 atom stereocenters. The molecule has 6 heteroatoms. The highest BCUT2D eigenvalue weighted by Crippen LogP contribution is 2.31. The molecule has 0 amide bonds. The molecule has 0 saturated carbocycles. The van der Waals surface area contributed by atoms with Gasteiger partial charge in [0.05, 0.1) is 0 Å². The number of hydrogen-bond donors (Lipinski definition) is 0. The monoisotopic (exact) mass is 372 g/mol. The van der Waals surface area contributed by atoms with Gasteiger partial charge < -0.3 is 8.85 Å². The molecule has 4 nitrogen and oxygen atoms in total. The Labute approximate surface area is 150 Å². The van der Waals surface area contributed by atoms with Crippen molar-refractivity contribution in [2.24, 2.45) is 10.8 Å². The fraction of sp³-hybridized carbons (Fsp3) is 0.778. The molecule has 0 heterocycles. The molecule has 0 aliphatic rings. The van der Waals surface area contributed by atoms with Gasteiger partial charge >= 0.3 is 0 Å². The van der Waals surface area contributed by atoms with Gasteiger partial charge in [-0.1, -0.05) is 41.5 Å². The Kier molecular flexibility index (Phi) is 6.89. The number of carbonyl (C=O) groups is 2. The predicted molar refractivity (Wildman–Crippen MR) is 105 cm³/mol. The van der Waals surface area contributed by atoms with Crippen LogP contribution >= 0.6 is 0 Å². The summed E-state index contributed by atoms with van der Waals surface area (Å²) in [7, 11) is -4.20. The molecule has 0 N–H and O–H groups in total. The van der Waals surface area contributed by atoms with E-state index in [0.717, 1.165) is 0 Å². The van der Waals surface area contributed by atoms with Crippen LogP contribution < -0.4 is 0 Å². The topological polar surface area (TPSA) is 52.6 Å². The normalized spacial score (nSPS) is 14.8. The summed E-state index contributed by atoms with van der Waals surface area (Å²) >= 11 is 0. The Bertz CT molecular complexity index is 473. The summed E-state index contributed by atoms with van der Waals surface area (Å²) in [6, 6.07) is 0. The Morgan fingerprint density at radius 3 is 0.917 bits per heavy atom. The highest BCUT2D eigenvalue weighted by molar-refractivity contribution is 6.71. The summed E-state index contributed by atoms with van der Waals surface area (Å²) in [5, 5.41) is 0. The van der Waals surface area contributed by atoms with E-state index in [1.165, 1.54) is 0 Å². The molecule has 140 valence electrons. The van der Waals surface area contributed by atoms with Crippen molar-refractivity contribution in [3.8, 4) is 0 Å². The lowest BCUT2D eigenvalue weighted by Crippen LogP contribution is -2.38. The third kappa shape index (κ3) is 7.79. The van der Waals surface area contributed by atoms with E-state index < -0.39 is 27.5 Å². The summed E-state index contributed by atoms with van der Waals surface area (Å²) < 4.78 is 12.2. The van der Waals surface area contributed by atoms with E-state index >= 15 is 0 Å². The standard InChI is InChI=1S/C18H36O4Si2/c1-17(2,3)15(19)13(21-23(7,8)9)14(22-24(10,11)12)16(20)18(4,5)6/h1-12H3/b14-13-. The number of allylic oxidation sites excluding steroid dienone is 2. The molecule has 0 unspecified atom stereocenters. The molecule has 0 aliphatic heterocycles. The third-order valence-corrected chi connectivity index (χ3v) is 4.43. The Hall–Kier alpha value is -0.886. The van der Waals surface area contributed by atoms with Gasteiger partial charge in [-0.2, -0.15) is 0 Å². The molecule has 0 spiro atoms. The van der Waals surface area contributed by atoms with E-state index in [-0.39, 0.29) is 23.1 Å². The quantitative estimate of drug-likeness (QED) is 0.368. The first kappa shape index (κ1) is 23.1. The second-order valence-electron chi connectivity index (χ2n) is 10.2.